The van der Waals surface area contributed by atoms with Crippen LogP contribution in [0.25, 0.3) is 0 Å². The van der Waals surface area contributed by atoms with Gasteiger partial charge in [-0.25, -0.2) is 0 Å². The van der Waals surface area contributed by atoms with Crippen LogP contribution < -0.4 is 4.74 Å². The zero-order chi connectivity index (χ0) is 15.9. The van der Waals surface area contributed by atoms with Gasteiger partial charge in [-0.15, -0.1) is 10.2 Å². The average Bonchev–Trinajstić information content (AvgIpc) is 2.94. The van der Waals surface area contributed by atoms with Crippen molar-refractivity contribution in [3.63, 3.8) is 0 Å². The lowest BCUT2D eigenvalue weighted by Gasteiger charge is -2.25. The number of hydrogen-bond acceptors (Lipinski definition) is 6. The molecule has 0 N–H and O–H groups in total. The van der Waals surface area contributed by atoms with Crippen LogP contribution in [0.3, 0.4) is 0 Å². The molecular weight excluding hydrogens is 312 g/mol. The Kier molecular flexibility index (Phi) is 5.90. The van der Waals surface area contributed by atoms with Crippen LogP contribution in [0, 0.1) is 0 Å². The van der Waals surface area contributed by atoms with Crippen molar-refractivity contribution in [1.82, 2.24) is 19.7 Å². The minimum atomic E-state index is 0.653. The molecule has 1 saturated heterocycles. The van der Waals surface area contributed by atoms with Crippen molar-refractivity contribution in [3.8, 4) is 5.75 Å². The topological polar surface area (TPSA) is 52.4 Å². The first kappa shape index (κ1) is 16.3. The van der Waals surface area contributed by atoms with Gasteiger partial charge in [0.05, 0.1) is 26.4 Å². The highest BCUT2D eigenvalue weighted by molar-refractivity contribution is 7.99. The molecule has 0 radical (unpaired) electrons. The van der Waals surface area contributed by atoms with Crippen molar-refractivity contribution < 1.29 is 9.47 Å². The van der Waals surface area contributed by atoms with Crippen LogP contribution in [0.4, 0.5) is 0 Å². The number of rotatable bonds is 7. The van der Waals surface area contributed by atoms with Gasteiger partial charge in [-0.1, -0.05) is 30.0 Å². The minimum absolute atomic E-state index is 0.653. The fourth-order valence-electron chi connectivity index (χ4n) is 2.38. The molecule has 1 aromatic heterocycles. The first-order valence-electron chi connectivity index (χ1n) is 7.82. The molecule has 1 aliphatic heterocycles. The van der Waals surface area contributed by atoms with Gasteiger partial charge in [-0.3, -0.25) is 4.90 Å². The average molecular weight is 334 g/mol. The Hall–Kier alpha value is -1.57. The van der Waals surface area contributed by atoms with Gasteiger partial charge in [-0.05, 0) is 12.1 Å². The van der Waals surface area contributed by atoms with Gasteiger partial charge in [0.25, 0.3) is 0 Å². The van der Waals surface area contributed by atoms with E-state index in [9.17, 15) is 0 Å². The first-order chi connectivity index (χ1) is 11.3. The largest absolute Gasteiger partial charge is 0.493 e. The Morgan fingerprint density at radius 3 is 2.74 bits per heavy atom. The normalized spacial score (nSPS) is 15.7. The summed E-state index contributed by atoms with van der Waals surface area (Å²) in [5, 5.41) is 9.54. The zero-order valence-electron chi connectivity index (χ0n) is 13.4. The summed E-state index contributed by atoms with van der Waals surface area (Å²) in [5.41, 5.74) is 0. The predicted octanol–water partition coefficient (Wildman–Crippen LogP) is 1.82. The molecule has 1 aromatic carbocycles. The predicted molar refractivity (Wildman–Crippen MR) is 89.8 cm³/mol. The van der Waals surface area contributed by atoms with Crippen LogP contribution in [0.1, 0.15) is 5.82 Å². The van der Waals surface area contributed by atoms with E-state index in [1.54, 1.807) is 11.8 Å². The molecule has 6 nitrogen and oxygen atoms in total. The molecule has 3 rings (SSSR count). The summed E-state index contributed by atoms with van der Waals surface area (Å²) in [6.45, 7) is 5.00. The van der Waals surface area contributed by atoms with Gasteiger partial charge >= 0.3 is 0 Å². The Morgan fingerprint density at radius 2 is 1.96 bits per heavy atom. The van der Waals surface area contributed by atoms with Gasteiger partial charge in [0, 0.05) is 25.9 Å². The number of para-hydroxylation sites is 1. The second kappa shape index (κ2) is 8.33. The van der Waals surface area contributed by atoms with E-state index in [4.69, 9.17) is 9.47 Å². The number of ether oxygens (including phenoxy) is 2. The van der Waals surface area contributed by atoms with Crippen molar-refractivity contribution in [2.75, 3.05) is 38.7 Å². The Bertz CT molecular complexity index is 599. The maximum absolute atomic E-state index is 5.70. The fourth-order valence-corrected chi connectivity index (χ4v) is 3.12. The van der Waals surface area contributed by atoms with Crippen LogP contribution >= 0.6 is 11.8 Å². The number of nitrogens with zero attached hydrogens (tertiary/aromatic N) is 4. The number of hydrogen-bond donors (Lipinski definition) is 0. The second-order valence-corrected chi connectivity index (χ2v) is 6.42. The second-order valence-electron chi connectivity index (χ2n) is 5.36. The molecule has 0 unspecified atom stereocenters. The van der Waals surface area contributed by atoms with Crippen molar-refractivity contribution in [1.29, 1.82) is 0 Å². The van der Waals surface area contributed by atoms with E-state index < -0.39 is 0 Å². The van der Waals surface area contributed by atoms with E-state index in [1.165, 1.54) is 0 Å². The maximum Gasteiger partial charge on any atom is 0.191 e. The summed E-state index contributed by atoms with van der Waals surface area (Å²) in [6, 6.07) is 9.87. The van der Waals surface area contributed by atoms with E-state index in [2.05, 4.69) is 19.7 Å². The molecule has 124 valence electrons. The summed E-state index contributed by atoms with van der Waals surface area (Å²) in [4.78, 5) is 2.35. The van der Waals surface area contributed by atoms with Crippen LogP contribution in [-0.4, -0.2) is 58.3 Å². The third-order valence-electron chi connectivity index (χ3n) is 3.72. The number of aromatic nitrogens is 3. The molecule has 23 heavy (non-hydrogen) atoms. The van der Waals surface area contributed by atoms with Gasteiger partial charge < -0.3 is 14.0 Å². The maximum atomic E-state index is 5.70. The third-order valence-corrected chi connectivity index (χ3v) is 4.70. The van der Waals surface area contributed by atoms with E-state index in [0.717, 1.165) is 55.3 Å². The molecule has 0 saturated carbocycles. The number of benzene rings is 1. The van der Waals surface area contributed by atoms with E-state index in [0.29, 0.717) is 6.61 Å². The van der Waals surface area contributed by atoms with Crippen LogP contribution in [0.15, 0.2) is 35.5 Å². The van der Waals surface area contributed by atoms with E-state index >= 15 is 0 Å². The lowest BCUT2D eigenvalue weighted by Crippen LogP contribution is -2.36. The summed E-state index contributed by atoms with van der Waals surface area (Å²) < 4.78 is 13.1. The van der Waals surface area contributed by atoms with Gasteiger partial charge in [0.15, 0.2) is 5.16 Å². The van der Waals surface area contributed by atoms with Gasteiger partial charge in [0.1, 0.15) is 11.6 Å². The van der Waals surface area contributed by atoms with Crippen LogP contribution in [-0.2, 0) is 18.3 Å². The SMILES string of the molecule is Cn1c(CN2CCOCC2)nnc1SCCOc1ccccc1. The third kappa shape index (κ3) is 4.70. The van der Waals surface area contributed by atoms with Crippen molar-refractivity contribution in [2.45, 2.75) is 11.7 Å². The fraction of sp³-hybridized carbons (Fsp3) is 0.500. The molecule has 0 bridgehead atoms. The zero-order valence-corrected chi connectivity index (χ0v) is 14.2. The van der Waals surface area contributed by atoms with Gasteiger partial charge in [-0.2, -0.15) is 0 Å². The van der Waals surface area contributed by atoms with E-state index in [-0.39, 0.29) is 0 Å². The van der Waals surface area contributed by atoms with Crippen molar-refractivity contribution in [2.24, 2.45) is 7.05 Å². The van der Waals surface area contributed by atoms with Crippen molar-refractivity contribution >= 4 is 11.8 Å². The monoisotopic (exact) mass is 334 g/mol. The molecular formula is C16H22N4O2S. The number of morpholine rings is 1. The molecule has 7 heteroatoms. The highest BCUT2D eigenvalue weighted by Crippen LogP contribution is 2.17. The molecule has 0 amide bonds. The lowest BCUT2D eigenvalue weighted by atomic mass is 10.3. The van der Waals surface area contributed by atoms with E-state index in [1.807, 2.05) is 37.4 Å². The molecule has 1 fully saturated rings. The quantitative estimate of drug-likeness (QED) is 0.569. The highest BCUT2D eigenvalue weighted by atomic mass is 32.2. The summed E-state index contributed by atoms with van der Waals surface area (Å²) in [5.74, 6) is 2.75. The molecule has 1 aliphatic rings. The lowest BCUT2D eigenvalue weighted by molar-refractivity contribution is 0.0326. The molecule has 0 spiro atoms. The van der Waals surface area contributed by atoms with Crippen LogP contribution in [0.5, 0.6) is 5.75 Å². The Balaban J connectivity index is 1.45. The highest BCUT2D eigenvalue weighted by Gasteiger charge is 2.15. The minimum Gasteiger partial charge on any atom is -0.493 e. The van der Waals surface area contributed by atoms with Crippen LogP contribution in [0.2, 0.25) is 0 Å². The summed E-state index contributed by atoms with van der Waals surface area (Å²) in [7, 11) is 2.02. The Labute approximate surface area is 140 Å². The molecule has 0 aliphatic carbocycles. The molecule has 2 aromatic rings. The Morgan fingerprint density at radius 1 is 1.17 bits per heavy atom. The molecule has 2 heterocycles. The standard InChI is InChI=1S/C16H22N4O2S/c1-19-15(13-20-7-9-21-10-8-20)17-18-16(19)23-12-11-22-14-5-3-2-4-6-14/h2-6H,7-13H2,1H3. The molecule has 0 atom stereocenters. The smallest absolute Gasteiger partial charge is 0.191 e. The van der Waals surface area contributed by atoms with Gasteiger partial charge in [0.2, 0.25) is 0 Å². The summed E-state index contributed by atoms with van der Waals surface area (Å²) in [6.07, 6.45) is 0. The first-order valence-corrected chi connectivity index (χ1v) is 8.80. The van der Waals surface area contributed by atoms with Crippen molar-refractivity contribution in [3.05, 3.63) is 36.2 Å². The number of thioether (sulfide) groups is 1. The summed E-state index contributed by atoms with van der Waals surface area (Å²) >= 11 is 1.67.